The fourth-order valence-corrected chi connectivity index (χ4v) is 2.34. The molecule has 2 unspecified atom stereocenters. The van der Waals surface area contributed by atoms with Crippen molar-refractivity contribution in [1.29, 1.82) is 0 Å². The van der Waals surface area contributed by atoms with Crippen LogP contribution < -0.4 is 5.73 Å². The third kappa shape index (κ3) is 5.89. The zero-order chi connectivity index (χ0) is 13.4. The van der Waals surface area contributed by atoms with E-state index in [0.29, 0.717) is 24.3 Å². The van der Waals surface area contributed by atoms with E-state index < -0.39 is 0 Å². The molecule has 102 valence electrons. The van der Waals surface area contributed by atoms with Crippen molar-refractivity contribution >= 4 is 5.84 Å². The summed E-state index contributed by atoms with van der Waals surface area (Å²) in [7, 11) is 4.16. The van der Waals surface area contributed by atoms with Gasteiger partial charge >= 0.3 is 0 Å². The fourth-order valence-electron chi connectivity index (χ4n) is 2.34. The van der Waals surface area contributed by atoms with Crippen LogP contribution in [0, 0.1) is 0 Å². The van der Waals surface area contributed by atoms with Gasteiger partial charge in [0.05, 0.1) is 0 Å². The number of hydrogen-bond donors (Lipinski definition) is 2. The molecule has 5 heteroatoms. The van der Waals surface area contributed by atoms with Crippen LogP contribution in [0.1, 0.15) is 33.6 Å². The lowest BCUT2D eigenvalue weighted by molar-refractivity contribution is 0.126. The van der Waals surface area contributed by atoms with E-state index in [4.69, 9.17) is 10.9 Å². The Kier molecular flexibility index (Phi) is 7.91. The van der Waals surface area contributed by atoms with Gasteiger partial charge in [-0.1, -0.05) is 19.0 Å². The molecule has 0 radical (unpaired) electrons. The highest BCUT2D eigenvalue weighted by atomic mass is 16.4. The lowest BCUT2D eigenvalue weighted by Crippen LogP contribution is -2.47. The normalized spacial score (nSPS) is 16.5. The molecule has 0 aromatic rings. The predicted octanol–water partition coefficient (Wildman–Crippen LogP) is 1.17. The maximum absolute atomic E-state index is 8.65. The molecule has 0 heterocycles. The van der Waals surface area contributed by atoms with Gasteiger partial charge in [-0.3, -0.25) is 4.90 Å². The van der Waals surface area contributed by atoms with E-state index in [0.717, 1.165) is 19.5 Å². The highest BCUT2D eigenvalue weighted by Crippen LogP contribution is 2.13. The Hall–Kier alpha value is -0.810. The number of amidine groups is 1. The third-order valence-electron chi connectivity index (χ3n) is 3.07. The third-order valence-corrected chi connectivity index (χ3v) is 3.07. The van der Waals surface area contributed by atoms with Crippen molar-refractivity contribution in [3.8, 4) is 0 Å². The summed E-state index contributed by atoms with van der Waals surface area (Å²) < 4.78 is 0. The first kappa shape index (κ1) is 16.2. The Morgan fingerprint density at radius 2 is 1.94 bits per heavy atom. The average Bonchev–Trinajstić information content (AvgIpc) is 2.27. The highest BCUT2D eigenvalue weighted by Gasteiger charge is 2.22. The number of hydrogen-bond acceptors (Lipinski definition) is 4. The van der Waals surface area contributed by atoms with Gasteiger partial charge in [-0.15, -0.1) is 0 Å². The van der Waals surface area contributed by atoms with Crippen molar-refractivity contribution in [3.05, 3.63) is 0 Å². The Bertz CT molecular complexity index is 231. The Labute approximate surface area is 105 Å². The minimum absolute atomic E-state index is 0.312. The summed E-state index contributed by atoms with van der Waals surface area (Å²) in [4.78, 5) is 4.60. The summed E-state index contributed by atoms with van der Waals surface area (Å²) in [6.07, 6.45) is 1.63. The van der Waals surface area contributed by atoms with Gasteiger partial charge in [0.25, 0.3) is 0 Å². The van der Waals surface area contributed by atoms with Crippen LogP contribution in [0.3, 0.4) is 0 Å². The van der Waals surface area contributed by atoms with E-state index in [1.165, 1.54) is 0 Å². The predicted molar refractivity (Wildman–Crippen MR) is 72.5 cm³/mol. The smallest absolute Gasteiger partial charge is 0.140 e. The van der Waals surface area contributed by atoms with Crippen LogP contribution in [-0.4, -0.2) is 60.1 Å². The lowest BCUT2D eigenvalue weighted by Gasteiger charge is -2.36. The molecule has 0 aromatic heterocycles. The molecule has 0 saturated heterocycles. The standard InChI is InChI=1S/C12H28N4O/c1-6-11(8-12(13)14-17)16(7-2)10(3)9-15(4)5/h10-11,17H,6-9H2,1-5H3,(H2,13,14). The molecule has 0 aliphatic rings. The summed E-state index contributed by atoms with van der Waals surface area (Å²) in [6.45, 7) is 8.51. The van der Waals surface area contributed by atoms with Gasteiger partial charge < -0.3 is 15.8 Å². The minimum atomic E-state index is 0.312. The van der Waals surface area contributed by atoms with Crippen molar-refractivity contribution in [2.24, 2.45) is 10.9 Å². The fraction of sp³-hybridized carbons (Fsp3) is 0.917. The summed E-state index contributed by atoms with van der Waals surface area (Å²) in [5.74, 6) is 0.312. The second-order valence-corrected chi connectivity index (χ2v) is 4.80. The van der Waals surface area contributed by atoms with Crippen LogP contribution in [0.4, 0.5) is 0 Å². The summed E-state index contributed by atoms with van der Waals surface area (Å²) in [5, 5.41) is 11.7. The number of nitrogens with zero attached hydrogens (tertiary/aromatic N) is 3. The van der Waals surface area contributed by atoms with E-state index in [2.05, 4.69) is 49.8 Å². The van der Waals surface area contributed by atoms with E-state index in [9.17, 15) is 0 Å². The highest BCUT2D eigenvalue weighted by molar-refractivity contribution is 5.80. The number of likely N-dealkylation sites (N-methyl/N-ethyl adjacent to an activating group) is 2. The second kappa shape index (κ2) is 8.31. The quantitative estimate of drug-likeness (QED) is 0.291. The maximum Gasteiger partial charge on any atom is 0.140 e. The largest absolute Gasteiger partial charge is 0.409 e. The molecule has 5 nitrogen and oxygen atoms in total. The topological polar surface area (TPSA) is 65.1 Å². The summed E-state index contributed by atoms with van der Waals surface area (Å²) >= 11 is 0. The first-order valence-corrected chi connectivity index (χ1v) is 6.33. The van der Waals surface area contributed by atoms with Crippen LogP contribution in [0.5, 0.6) is 0 Å². The monoisotopic (exact) mass is 244 g/mol. The number of rotatable bonds is 8. The maximum atomic E-state index is 8.65. The van der Waals surface area contributed by atoms with Crippen molar-refractivity contribution in [3.63, 3.8) is 0 Å². The van der Waals surface area contributed by atoms with Crippen molar-refractivity contribution in [1.82, 2.24) is 9.80 Å². The summed E-state index contributed by atoms with van der Waals surface area (Å²) in [5.41, 5.74) is 5.61. The molecule has 0 aliphatic heterocycles. The molecule has 0 amide bonds. The molecule has 0 spiro atoms. The Morgan fingerprint density at radius 3 is 2.29 bits per heavy atom. The van der Waals surface area contributed by atoms with Gasteiger partial charge in [0, 0.05) is 25.0 Å². The molecule has 17 heavy (non-hydrogen) atoms. The van der Waals surface area contributed by atoms with E-state index in [1.807, 2.05) is 0 Å². The minimum Gasteiger partial charge on any atom is -0.409 e. The summed E-state index contributed by atoms with van der Waals surface area (Å²) in [6, 6.07) is 0.803. The van der Waals surface area contributed by atoms with Crippen LogP contribution in [-0.2, 0) is 0 Å². The molecule has 0 aromatic carbocycles. The van der Waals surface area contributed by atoms with E-state index in [-0.39, 0.29) is 0 Å². The van der Waals surface area contributed by atoms with E-state index in [1.54, 1.807) is 0 Å². The Morgan fingerprint density at radius 1 is 1.35 bits per heavy atom. The van der Waals surface area contributed by atoms with Gasteiger partial charge in [0.1, 0.15) is 5.84 Å². The molecule has 0 aliphatic carbocycles. The first-order valence-electron chi connectivity index (χ1n) is 6.33. The van der Waals surface area contributed by atoms with Gasteiger partial charge in [-0.05, 0) is 34.0 Å². The Balaban J connectivity index is 4.57. The molecule has 0 rings (SSSR count). The second-order valence-electron chi connectivity index (χ2n) is 4.80. The molecule has 0 bridgehead atoms. The van der Waals surface area contributed by atoms with Crippen molar-refractivity contribution in [2.45, 2.75) is 45.7 Å². The van der Waals surface area contributed by atoms with Crippen molar-refractivity contribution < 1.29 is 5.21 Å². The molecule has 2 atom stereocenters. The van der Waals surface area contributed by atoms with Crippen LogP contribution in [0.25, 0.3) is 0 Å². The van der Waals surface area contributed by atoms with Gasteiger partial charge in [-0.2, -0.15) is 0 Å². The van der Waals surface area contributed by atoms with Gasteiger partial charge in [0.15, 0.2) is 0 Å². The zero-order valence-corrected chi connectivity index (χ0v) is 11.8. The van der Waals surface area contributed by atoms with Crippen LogP contribution >= 0.6 is 0 Å². The lowest BCUT2D eigenvalue weighted by atomic mass is 10.1. The average molecular weight is 244 g/mol. The van der Waals surface area contributed by atoms with E-state index >= 15 is 0 Å². The molecule has 3 N–H and O–H groups in total. The van der Waals surface area contributed by atoms with Gasteiger partial charge in [-0.25, -0.2) is 0 Å². The van der Waals surface area contributed by atoms with Gasteiger partial charge in [0.2, 0.25) is 0 Å². The zero-order valence-electron chi connectivity index (χ0n) is 11.8. The molecule has 0 saturated carbocycles. The first-order chi connectivity index (χ1) is 7.96. The van der Waals surface area contributed by atoms with Crippen molar-refractivity contribution in [2.75, 3.05) is 27.2 Å². The molecular formula is C12H28N4O. The van der Waals surface area contributed by atoms with Crippen LogP contribution in [0.15, 0.2) is 5.16 Å². The van der Waals surface area contributed by atoms with Crippen LogP contribution in [0.2, 0.25) is 0 Å². The SMILES string of the molecule is CCC(CC(N)=NO)N(CC)C(C)CN(C)C. The molecular weight excluding hydrogens is 216 g/mol. The number of oxime groups is 1. The number of nitrogens with two attached hydrogens (primary N) is 1. The molecule has 0 fully saturated rings.